The van der Waals surface area contributed by atoms with Crippen molar-refractivity contribution in [3.8, 4) is 0 Å². The van der Waals surface area contributed by atoms with Crippen LogP contribution in [0.5, 0.6) is 0 Å². The number of aliphatic hydroxyl groups excluding tert-OH is 1. The van der Waals surface area contributed by atoms with Crippen molar-refractivity contribution in [2.24, 2.45) is 5.73 Å². The minimum absolute atomic E-state index is 0.276. The molecule has 68 valence electrons. The topological polar surface area (TPSA) is 64.1 Å². The summed E-state index contributed by atoms with van der Waals surface area (Å²) in [6, 6.07) is 1.98. The van der Waals surface area contributed by atoms with Gasteiger partial charge in [0.2, 0.25) is 0 Å². The highest BCUT2D eigenvalue weighted by molar-refractivity contribution is 5.06. The van der Waals surface area contributed by atoms with E-state index in [1.807, 2.05) is 19.9 Å². The molecule has 0 amide bonds. The van der Waals surface area contributed by atoms with Crippen LogP contribution in [0, 0.1) is 13.8 Å². The molecule has 0 aliphatic carbocycles. The fourth-order valence-corrected chi connectivity index (χ4v) is 1.13. The van der Waals surface area contributed by atoms with Crippen LogP contribution in [0.25, 0.3) is 0 Å². The highest BCUT2D eigenvalue weighted by Gasteiger charge is 2.05. The predicted octanol–water partition coefficient (Wildman–Crippen LogP) is -0.180. The van der Waals surface area contributed by atoms with Gasteiger partial charge in [0.25, 0.3) is 0 Å². The van der Waals surface area contributed by atoms with Crippen molar-refractivity contribution in [1.82, 2.24) is 9.78 Å². The molecule has 4 nitrogen and oxygen atoms in total. The summed E-state index contributed by atoms with van der Waals surface area (Å²) in [6.07, 6.45) is -0.497. The third kappa shape index (κ3) is 2.06. The number of rotatable bonds is 3. The quantitative estimate of drug-likeness (QED) is 0.659. The van der Waals surface area contributed by atoms with Gasteiger partial charge in [0.1, 0.15) is 0 Å². The lowest BCUT2D eigenvalue weighted by Gasteiger charge is -2.08. The van der Waals surface area contributed by atoms with Gasteiger partial charge >= 0.3 is 0 Å². The third-order valence-electron chi connectivity index (χ3n) is 1.76. The molecule has 1 heterocycles. The third-order valence-corrected chi connectivity index (χ3v) is 1.76. The van der Waals surface area contributed by atoms with Crippen LogP contribution in [0.15, 0.2) is 6.07 Å². The molecule has 0 spiro atoms. The van der Waals surface area contributed by atoms with Crippen LogP contribution in [0.1, 0.15) is 11.4 Å². The van der Waals surface area contributed by atoms with Crippen molar-refractivity contribution in [2.75, 3.05) is 6.54 Å². The second-order valence-electron chi connectivity index (χ2n) is 3.00. The van der Waals surface area contributed by atoms with Crippen molar-refractivity contribution < 1.29 is 5.11 Å². The largest absolute Gasteiger partial charge is 0.390 e. The van der Waals surface area contributed by atoms with E-state index in [2.05, 4.69) is 5.10 Å². The summed E-state index contributed by atoms with van der Waals surface area (Å²) in [5.41, 5.74) is 7.31. The maximum Gasteiger partial charge on any atom is 0.0858 e. The zero-order valence-electron chi connectivity index (χ0n) is 7.49. The van der Waals surface area contributed by atoms with Crippen LogP contribution in [0.2, 0.25) is 0 Å². The van der Waals surface area contributed by atoms with E-state index in [1.165, 1.54) is 0 Å². The summed E-state index contributed by atoms with van der Waals surface area (Å²) in [4.78, 5) is 0. The van der Waals surface area contributed by atoms with E-state index in [0.717, 1.165) is 11.4 Å². The van der Waals surface area contributed by atoms with Gasteiger partial charge in [0, 0.05) is 12.2 Å². The van der Waals surface area contributed by atoms with E-state index in [0.29, 0.717) is 6.54 Å². The van der Waals surface area contributed by atoms with Crippen LogP contribution in [-0.4, -0.2) is 27.5 Å². The van der Waals surface area contributed by atoms with E-state index in [1.54, 1.807) is 4.68 Å². The molecule has 0 fully saturated rings. The van der Waals surface area contributed by atoms with E-state index < -0.39 is 6.10 Å². The first-order chi connectivity index (χ1) is 5.63. The average Bonchev–Trinajstić information content (AvgIpc) is 2.30. The number of aromatic nitrogens is 2. The lowest BCUT2D eigenvalue weighted by Crippen LogP contribution is -2.26. The molecule has 1 aromatic heterocycles. The number of hydrogen-bond acceptors (Lipinski definition) is 3. The van der Waals surface area contributed by atoms with Gasteiger partial charge in [-0.15, -0.1) is 0 Å². The molecule has 0 aliphatic heterocycles. The Morgan fingerprint density at radius 1 is 1.67 bits per heavy atom. The SMILES string of the molecule is Cc1cc(C)n(C[C@@H](O)CN)n1. The first kappa shape index (κ1) is 9.22. The number of aliphatic hydroxyl groups is 1. The van der Waals surface area contributed by atoms with Gasteiger partial charge in [-0.05, 0) is 19.9 Å². The molecule has 3 N–H and O–H groups in total. The van der Waals surface area contributed by atoms with Gasteiger partial charge < -0.3 is 10.8 Å². The maximum absolute atomic E-state index is 9.26. The van der Waals surface area contributed by atoms with Crippen molar-refractivity contribution in [1.29, 1.82) is 0 Å². The molecule has 0 aliphatic rings. The second kappa shape index (κ2) is 3.69. The Morgan fingerprint density at radius 2 is 2.33 bits per heavy atom. The number of aryl methyl sites for hydroxylation is 2. The average molecular weight is 169 g/mol. The first-order valence-electron chi connectivity index (χ1n) is 4.02. The fourth-order valence-electron chi connectivity index (χ4n) is 1.13. The summed E-state index contributed by atoms with van der Waals surface area (Å²) in [7, 11) is 0. The zero-order valence-corrected chi connectivity index (χ0v) is 7.49. The van der Waals surface area contributed by atoms with Gasteiger partial charge in [-0.25, -0.2) is 0 Å². The normalized spacial score (nSPS) is 13.3. The Morgan fingerprint density at radius 3 is 2.75 bits per heavy atom. The molecule has 0 aromatic carbocycles. The molecule has 0 bridgehead atoms. The highest BCUT2D eigenvalue weighted by Crippen LogP contribution is 2.02. The van der Waals surface area contributed by atoms with Crippen molar-refractivity contribution in [3.05, 3.63) is 17.5 Å². The van der Waals surface area contributed by atoms with Crippen LogP contribution in [0.3, 0.4) is 0 Å². The molecule has 0 unspecified atom stereocenters. The van der Waals surface area contributed by atoms with Gasteiger partial charge in [-0.1, -0.05) is 0 Å². The zero-order chi connectivity index (χ0) is 9.14. The first-order valence-corrected chi connectivity index (χ1v) is 4.02. The molecule has 0 radical (unpaired) electrons. The van der Waals surface area contributed by atoms with Crippen LogP contribution in [-0.2, 0) is 6.54 Å². The Bertz CT molecular complexity index is 257. The Labute approximate surface area is 72.0 Å². The smallest absolute Gasteiger partial charge is 0.0858 e. The van der Waals surface area contributed by atoms with Crippen molar-refractivity contribution in [2.45, 2.75) is 26.5 Å². The molecule has 1 atom stereocenters. The number of nitrogens with two attached hydrogens (primary N) is 1. The lowest BCUT2D eigenvalue weighted by atomic mass is 10.3. The van der Waals surface area contributed by atoms with Crippen molar-refractivity contribution >= 4 is 0 Å². The molecular formula is C8H15N3O. The van der Waals surface area contributed by atoms with Gasteiger partial charge in [0.05, 0.1) is 18.3 Å². The van der Waals surface area contributed by atoms with E-state index >= 15 is 0 Å². The van der Waals surface area contributed by atoms with Crippen LogP contribution < -0.4 is 5.73 Å². The summed E-state index contributed by atoms with van der Waals surface area (Å²) in [5.74, 6) is 0. The fraction of sp³-hybridized carbons (Fsp3) is 0.625. The molecule has 0 saturated heterocycles. The van der Waals surface area contributed by atoms with Crippen LogP contribution in [0.4, 0.5) is 0 Å². The summed E-state index contributed by atoms with van der Waals surface area (Å²) < 4.78 is 1.77. The van der Waals surface area contributed by atoms with Gasteiger partial charge in [-0.3, -0.25) is 4.68 Å². The van der Waals surface area contributed by atoms with Gasteiger partial charge in [0.15, 0.2) is 0 Å². The van der Waals surface area contributed by atoms with E-state index in [4.69, 9.17) is 5.73 Å². The predicted molar refractivity (Wildman–Crippen MR) is 46.8 cm³/mol. The van der Waals surface area contributed by atoms with Crippen molar-refractivity contribution in [3.63, 3.8) is 0 Å². The van der Waals surface area contributed by atoms with Gasteiger partial charge in [-0.2, -0.15) is 5.10 Å². The molecule has 12 heavy (non-hydrogen) atoms. The van der Waals surface area contributed by atoms with E-state index in [9.17, 15) is 5.11 Å². The minimum Gasteiger partial charge on any atom is -0.390 e. The second-order valence-corrected chi connectivity index (χ2v) is 3.00. The van der Waals surface area contributed by atoms with E-state index in [-0.39, 0.29) is 6.54 Å². The minimum atomic E-state index is -0.497. The Hall–Kier alpha value is -0.870. The maximum atomic E-state index is 9.26. The highest BCUT2D eigenvalue weighted by atomic mass is 16.3. The summed E-state index contributed by atoms with van der Waals surface area (Å²) >= 11 is 0. The molecule has 1 aromatic rings. The molecule has 4 heteroatoms. The Balaban J connectivity index is 2.68. The number of hydrogen-bond donors (Lipinski definition) is 2. The molecular weight excluding hydrogens is 154 g/mol. The summed E-state index contributed by atoms with van der Waals surface area (Å²) in [5, 5.41) is 13.5. The molecule has 0 saturated carbocycles. The monoisotopic (exact) mass is 169 g/mol. The van der Waals surface area contributed by atoms with Crippen LogP contribution >= 0.6 is 0 Å². The lowest BCUT2D eigenvalue weighted by molar-refractivity contribution is 0.156. The molecule has 1 rings (SSSR count). The number of nitrogens with zero attached hydrogens (tertiary/aromatic N) is 2. The summed E-state index contributed by atoms with van der Waals surface area (Å²) in [6.45, 7) is 4.65. The Kier molecular flexibility index (Phi) is 2.83. The standard InChI is InChI=1S/C8H15N3O/c1-6-3-7(2)11(10-6)5-8(12)4-9/h3,8,12H,4-5,9H2,1-2H3/t8-/m0/s1.